The van der Waals surface area contributed by atoms with Gasteiger partial charge >= 0.3 is 0 Å². The Kier molecular flexibility index (Phi) is 8.39. The van der Waals surface area contributed by atoms with Crippen molar-refractivity contribution < 1.29 is 9.59 Å². The number of allylic oxidation sites excluding steroid dienone is 2. The van der Waals surface area contributed by atoms with Crippen LogP contribution in [-0.2, 0) is 9.59 Å². The molecule has 10 heteroatoms. The maximum absolute atomic E-state index is 13.3. The molecule has 1 aromatic heterocycles. The molecule has 1 aliphatic heterocycles. The van der Waals surface area contributed by atoms with Crippen LogP contribution in [0.25, 0.3) is 0 Å². The zero-order valence-electron chi connectivity index (χ0n) is 19.0. The van der Waals surface area contributed by atoms with Gasteiger partial charge in [0.25, 0.3) is 5.91 Å². The SMILES string of the molecule is CC1=C(C(=O)Nc2ccccc2)[C@H](c2cccs2)C(C#N)=C(SCC(=O)Nc2ccc(Cl)c(Cl)c2)N1. The van der Waals surface area contributed by atoms with Crippen LogP contribution in [0.2, 0.25) is 10.0 Å². The van der Waals surface area contributed by atoms with Crippen molar-refractivity contribution in [3.05, 3.63) is 103 Å². The topological polar surface area (TPSA) is 94.0 Å². The van der Waals surface area contributed by atoms with Crippen LogP contribution in [0.5, 0.6) is 0 Å². The summed E-state index contributed by atoms with van der Waals surface area (Å²) in [6.07, 6.45) is 0. The number of dihydropyridines is 1. The lowest BCUT2D eigenvalue weighted by Gasteiger charge is -2.29. The van der Waals surface area contributed by atoms with Gasteiger partial charge in [0.1, 0.15) is 0 Å². The summed E-state index contributed by atoms with van der Waals surface area (Å²) in [5.41, 5.74) is 2.65. The molecule has 4 rings (SSSR count). The van der Waals surface area contributed by atoms with Crippen molar-refractivity contribution in [1.82, 2.24) is 5.32 Å². The molecule has 3 N–H and O–H groups in total. The van der Waals surface area contributed by atoms with Crippen LogP contribution in [0.1, 0.15) is 17.7 Å². The zero-order valence-corrected chi connectivity index (χ0v) is 22.1. The summed E-state index contributed by atoms with van der Waals surface area (Å²) >= 11 is 14.6. The van der Waals surface area contributed by atoms with Crippen molar-refractivity contribution in [3.8, 4) is 6.07 Å². The number of carbonyl (C=O) groups is 2. The lowest BCUT2D eigenvalue weighted by Crippen LogP contribution is -2.30. The van der Waals surface area contributed by atoms with E-state index in [1.54, 1.807) is 37.3 Å². The number of nitrogens with zero attached hydrogens (tertiary/aromatic N) is 1. The van der Waals surface area contributed by atoms with Gasteiger partial charge < -0.3 is 16.0 Å². The summed E-state index contributed by atoms with van der Waals surface area (Å²) in [4.78, 5) is 26.8. The number of carbonyl (C=O) groups excluding carboxylic acids is 2. The van der Waals surface area contributed by atoms with Gasteiger partial charge in [-0.2, -0.15) is 5.26 Å². The molecule has 6 nitrogen and oxygen atoms in total. The van der Waals surface area contributed by atoms with Crippen LogP contribution in [0.3, 0.4) is 0 Å². The molecule has 0 saturated carbocycles. The molecule has 0 bridgehead atoms. The van der Waals surface area contributed by atoms with E-state index in [1.165, 1.54) is 23.1 Å². The Morgan fingerprint density at radius 1 is 1.06 bits per heavy atom. The average Bonchev–Trinajstić information content (AvgIpc) is 3.40. The fourth-order valence-electron chi connectivity index (χ4n) is 3.70. The van der Waals surface area contributed by atoms with E-state index in [0.717, 1.165) is 4.88 Å². The minimum absolute atomic E-state index is 0.0454. The van der Waals surface area contributed by atoms with E-state index in [2.05, 4.69) is 22.0 Å². The van der Waals surface area contributed by atoms with Crippen molar-refractivity contribution >= 4 is 69.5 Å². The molecule has 182 valence electrons. The molecular formula is C26H20Cl2N4O2S2. The lowest BCUT2D eigenvalue weighted by molar-refractivity contribution is -0.114. The third-order valence-electron chi connectivity index (χ3n) is 5.30. The summed E-state index contributed by atoms with van der Waals surface area (Å²) in [5.74, 6) is -1.07. The van der Waals surface area contributed by atoms with Gasteiger partial charge in [0, 0.05) is 27.5 Å². The number of anilines is 2. The van der Waals surface area contributed by atoms with Crippen LogP contribution < -0.4 is 16.0 Å². The summed E-state index contributed by atoms with van der Waals surface area (Å²) < 4.78 is 0. The van der Waals surface area contributed by atoms with Crippen LogP contribution in [0.15, 0.2) is 87.9 Å². The first-order chi connectivity index (χ1) is 17.4. The van der Waals surface area contributed by atoms with E-state index in [4.69, 9.17) is 23.2 Å². The Bertz CT molecular complexity index is 1400. The Balaban J connectivity index is 1.57. The highest BCUT2D eigenvalue weighted by Crippen LogP contribution is 2.42. The molecule has 0 saturated heterocycles. The molecule has 0 radical (unpaired) electrons. The molecular weight excluding hydrogens is 535 g/mol. The molecule has 0 unspecified atom stereocenters. The molecule has 36 heavy (non-hydrogen) atoms. The monoisotopic (exact) mass is 554 g/mol. The molecule has 2 amide bonds. The number of rotatable bonds is 7. The van der Waals surface area contributed by atoms with E-state index in [9.17, 15) is 14.9 Å². The molecule has 1 atom stereocenters. The largest absolute Gasteiger partial charge is 0.353 e. The second kappa shape index (κ2) is 11.7. The second-order valence-electron chi connectivity index (χ2n) is 7.75. The van der Waals surface area contributed by atoms with Gasteiger partial charge in [-0.15, -0.1) is 11.3 Å². The zero-order chi connectivity index (χ0) is 25.7. The predicted octanol–water partition coefficient (Wildman–Crippen LogP) is 6.76. The van der Waals surface area contributed by atoms with E-state index in [1.807, 2.05) is 35.7 Å². The van der Waals surface area contributed by atoms with Gasteiger partial charge in [0.2, 0.25) is 5.91 Å². The van der Waals surface area contributed by atoms with Crippen LogP contribution in [0, 0.1) is 11.3 Å². The van der Waals surface area contributed by atoms with Crippen molar-refractivity contribution in [1.29, 1.82) is 5.26 Å². The molecule has 0 aliphatic carbocycles. The van der Waals surface area contributed by atoms with E-state index in [0.29, 0.717) is 43.3 Å². The number of hydrogen-bond acceptors (Lipinski definition) is 6. The van der Waals surface area contributed by atoms with Gasteiger partial charge in [-0.1, -0.05) is 59.2 Å². The number of halogens is 2. The third-order valence-corrected chi connectivity index (χ3v) is 8.00. The number of benzene rings is 2. The number of nitrogens with one attached hydrogen (secondary N) is 3. The quantitative estimate of drug-likeness (QED) is 0.300. The Morgan fingerprint density at radius 3 is 2.50 bits per heavy atom. The normalized spacial score (nSPS) is 15.2. The fraction of sp³-hybridized carbons (Fsp3) is 0.115. The highest BCUT2D eigenvalue weighted by Gasteiger charge is 2.35. The molecule has 2 aromatic carbocycles. The first kappa shape index (κ1) is 25.9. The smallest absolute Gasteiger partial charge is 0.254 e. The number of thiophene rings is 1. The van der Waals surface area contributed by atoms with E-state index >= 15 is 0 Å². The Morgan fingerprint density at radius 2 is 1.83 bits per heavy atom. The highest BCUT2D eigenvalue weighted by atomic mass is 35.5. The van der Waals surface area contributed by atoms with Crippen LogP contribution in [-0.4, -0.2) is 17.6 Å². The number of amides is 2. The molecule has 3 aromatic rings. The van der Waals surface area contributed by atoms with Crippen LogP contribution >= 0.6 is 46.3 Å². The third kappa shape index (κ3) is 5.94. The van der Waals surface area contributed by atoms with Gasteiger partial charge in [-0.3, -0.25) is 9.59 Å². The van der Waals surface area contributed by atoms with Gasteiger partial charge in [-0.25, -0.2) is 0 Å². The van der Waals surface area contributed by atoms with Gasteiger partial charge in [0.05, 0.1) is 38.4 Å². The van der Waals surface area contributed by atoms with Crippen molar-refractivity contribution in [2.24, 2.45) is 0 Å². The van der Waals surface area contributed by atoms with Crippen LogP contribution in [0.4, 0.5) is 11.4 Å². The maximum Gasteiger partial charge on any atom is 0.254 e. The standard InChI is InChI=1S/C26H20Cl2N4O2S2/c1-15-23(25(34)32-16-6-3-2-4-7-16)24(21-8-5-11-35-21)18(13-29)26(30-15)36-14-22(33)31-17-9-10-19(27)20(28)12-17/h2-12,24,30H,14H2,1H3,(H,31,33)(H,32,34)/t24-/m0/s1. The second-order valence-corrected chi connectivity index (χ2v) is 10.5. The number of para-hydroxylation sites is 1. The fourth-order valence-corrected chi connectivity index (χ4v) is 5.73. The summed E-state index contributed by atoms with van der Waals surface area (Å²) in [6.45, 7) is 1.80. The first-order valence-electron chi connectivity index (χ1n) is 10.8. The minimum atomic E-state index is -0.555. The van der Waals surface area contributed by atoms with Gasteiger partial charge in [0.15, 0.2) is 0 Å². The molecule has 1 aliphatic rings. The molecule has 2 heterocycles. The molecule has 0 fully saturated rings. The maximum atomic E-state index is 13.3. The summed E-state index contributed by atoms with van der Waals surface area (Å²) in [6, 6.07) is 20.1. The highest BCUT2D eigenvalue weighted by molar-refractivity contribution is 8.03. The van der Waals surface area contributed by atoms with Gasteiger partial charge in [-0.05, 0) is 48.7 Å². The van der Waals surface area contributed by atoms with E-state index < -0.39 is 5.92 Å². The van der Waals surface area contributed by atoms with Crippen molar-refractivity contribution in [3.63, 3.8) is 0 Å². The summed E-state index contributed by atoms with van der Waals surface area (Å²) in [7, 11) is 0. The van der Waals surface area contributed by atoms with E-state index in [-0.39, 0.29) is 17.6 Å². The first-order valence-corrected chi connectivity index (χ1v) is 13.4. The minimum Gasteiger partial charge on any atom is -0.353 e. The lowest BCUT2D eigenvalue weighted by atomic mass is 9.86. The number of hydrogen-bond donors (Lipinski definition) is 3. The Hall–Kier alpha value is -3.22. The average molecular weight is 556 g/mol. The van der Waals surface area contributed by atoms with Crippen molar-refractivity contribution in [2.45, 2.75) is 12.8 Å². The van der Waals surface area contributed by atoms with Crippen molar-refractivity contribution in [2.75, 3.05) is 16.4 Å². The Labute approximate surface area is 227 Å². The summed E-state index contributed by atoms with van der Waals surface area (Å²) in [5, 5.41) is 22.2. The predicted molar refractivity (Wildman–Crippen MR) is 148 cm³/mol. The number of nitriles is 1. The number of thioether (sulfide) groups is 1. The molecule has 0 spiro atoms.